The van der Waals surface area contributed by atoms with Gasteiger partial charge >= 0.3 is 0 Å². The summed E-state index contributed by atoms with van der Waals surface area (Å²) in [4.78, 5) is 5.09. The minimum absolute atomic E-state index is 0.535. The smallest absolute Gasteiger partial charge is 0.188 e. The van der Waals surface area contributed by atoms with E-state index in [2.05, 4.69) is 12.1 Å². The summed E-state index contributed by atoms with van der Waals surface area (Å²) < 4.78 is 28.1. The number of hydrogen-bond acceptors (Lipinski definition) is 4. The standard InChI is InChI=1S/C37H24NO3P/c39-42(26-13-3-1-4-14-26,27-15-5-2-6-16-27)35-21-11-20-32(38-35)31-24-34-37(30-19-10-9-18-29(30)31)41-36-28-17-8-7-12-25(28)22-23-33(36)40-34/h1-24H. The third-order valence-corrected chi connectivity index (χ3v) is 10.7. The summed E-state index contributed by atoms with van der Waals surface area (Å²) >= 11 is 0. The Labute approximate surface area is 243 Å². The summed E-state index contributed by atoms with van der Waals surface area (Å²) in [5.74, 6) is 2.67. The van der Waals surface area contributed by atoms with E-state index in [1.54, 1.807) is 0 Å². The van der Waals surface area contributed by atoms with Crippen LogP contribution in [0.2, 0.25) is 0 Å². The van der Waals surface area contributed by atoms with Crippen molar-refractivity contribution in [3.63, 3.8) is 0 Å². The lowest BCUT2D eigenvalue weighted by atomic mass is 9.99. The van der Waals surface area contributed by atoms with Crippen LogP contribution in [0, 0.1) is 0 Å². The van der Waals surface area contributed by atoms with Gasteiger partial charge in [-0.15, -0.1) is 0 Å². The first-order valence-corrected chi connectivity index (χ1v) is 15.5. The average molecular weight is 562 g/mol. The molecule has 8 rings (SSSR count). The van der Waals surface area contributed by atoms with Crippen LogP contribution in [0.15, 0.2) is 146 Å². The fraction of sp³-hybridized carbons (Fsp3) is 0. The first-order valence-electron chi connectivity index (χ1n) is 13.8. The summed E-state index contributed by atoms with van der Waals surface area (Å²) in [6, 6.07) is 47.2. The molecule has 0 amide bonds. The van der Waals surface area contributed by atoms with Crippen LogP contribution in [0.5, 0.6) is 23.0 Å². The molecule has 1 aliphatic heterocycles. The predicted octanol–water partition coefficient (Wildman–Crippen LogP) is 8.59. The molecule has 0 N–H and O–H groups in total. The van der Waals surface area contributed by atoms with Crippen LogP contribution in [0.4, 0.5) is 0 Å². The maximum atomic E-state index is 15.0. The molecule has 0 spiro atoms. The van der Waals surface area contributed by atoms with Crippen LogP contribution in [-0.2, 0) is 4.57 Å². The third-order valence-electron chi connectivity index (χ3n) is 7.80. The van der Waals surface area contributed by atoms with Crippen molar-refractivity contribution in [2.75, 3.05) is 0 Å². The first kappa shape index (κ1) is 24.6. The zero-order valence-electron chi connectivity index (χ0n) is 22.5. The minimum atomic E-state index is -3.24. The second-order valence-electron chi connectivity index (χ2n) is 10.3. The van der Waals surface area contributed by atoms with Gasteiger partial charge in [-0.25, -0.2) is 4.98 Å². The largest absolute Gasteiger partial charge is 0.449 e. The van der Waals surface area contributed by atoms with Gasteiger partial charge in [0.1, 0.15) is 5.44 Å². The number of benzene rings is 6. The topological polar surface area (TPSA) is 48.4 Å². The van der Waals surface area contributed by atoms with E-state index in [1.807, 2.05) is 133 Å². The van der Waals surface area contributed by atoms with Crippen molar-refractivity contribution in [3.8, 4) is 34.3 Å². The molecule has 0 unspecified atom stereocenters. The van der Waals surface area contributed by atoms with Gasteiger partial charge in [-0.05, 0) is 35.0 Å². The summed E-state index contributed by atoms with van der Waals surface area (Å²) in [6.07, 6.45) is 0. The van der Waals surface area contributed by atoms with Gasteiger partial charge < -0.3 is 14.0 Å². The summed E-state index contributed by atoms with van der Waals surface area (Å²) in [5.41, 5.74) is 2.13. The Hall–Kier alpha value is -5.18. The highest BCUT2D eigenvalue weighted by Crippen LogP contribution is 2.53. The van der Waals surface area contributed by atoms with E-state index in [-0.39, 0.29) is 0 Å². The van der Waals surface area contributed by atoms with Crippen LogP contribution in [0.1, 0.15) is 0 Å². The van der Waals surface area contributed by atoms with Crippen molar-refractivity contribution in [2.45, 2.75) is 0 Å². The molecule has 6 aromatic carbocycles. The number of nitrogens with zero attached hydrogens (tertiary/aromatic N) is 1. The van der Waals surface area contributed by atoms with Gasteiger partial charge in [-0.2, -0.15) is 0 Å². The van der Waals surface area contributed by atoms with Crippen LogP contribution in [-0.4, -0.2) is 4.98 Å². The quantitative estimate of drug-likeness (QED) is 0.202. The third kappa shape index (κ3) is 3.84. The monoisotopic (exact) mass is 561 g/mol. The van der Waals surface area contributed by atoms with E-state index in [0.29, 0.717) is 34.1 Å². The number of hydrogen-bond donors (Lipinski definition) is 0. The first-order chi connectivity index (χ1) is 20.7. The normalized spacial score (nSPS) is 12.3. The lowest BCUT2D eigenvalue weighted by molar-refractivity contribution is 0.367. The van der Waals surface area contributed by atoms with E-state index < -0.39 is 7.14 Å². The molecular formula is C37H24NO3P. The Bertz CT molecular complexity index is 2130. The van der Waals surface area contributed by atoms with Crippen LogP contribution >= 0.6 is 7.14 Å². The van der Waals surface area contributed by atoms with E-state index in [1.165, 1.54) is 0 Å². The zero-order valence-corrected chi connectivity index (χ0v) is 23.4. The highest BCUT2D eigenvalue weighted by atomic mass is 31.2. The molecule has 0 fully saturated rings. The maximum absolute atomic E-state index is 15.0. The molecule has 5 heteroatoms. The second kappa shape index (κ2) is 9.73. The molecule has 0 atom stereocenters. The van der Waals surface area contributed by atoms with Gasteiger partial charge in [0.05, 0.1) is 5.69 Å². The SMILES string of the molecule is O=P(c1ccccc1)(c1ccccc1)c1cccc(-c2cc3c(c4ccccc24)Oc2c(ccc4ccccc24)O3)n1. The lowest BCUT2D eigenvalue weighted by Crippen LogP contribution is -2.27. The average Bonchev–Trinajstić information content (AvgIpc) is 3.07. The molecule has 2 heterocycles. The van der Waals surface area contributed by atoms with E-state index in [0.717, 1.165) is 37.7 Å². The molecule has 0 bridgehead atoms. The fourth-order valence-electron chi connectivity index (χ4n) is 5.78. The molecule has 0 radical (unpaired) electrons. The number of ether oxygens (including phenoxy) is 2. The molecule has 0 saturated heterocycles. The van der Waals surface area contributed by atoms with E-state index >= 15 is 4.57 Å². The number of pyridine rings is 1. The van der Waals surface area contributed by atoms with Gasteiger partial charge in [-0.1, -0.05) is 121 Å². The number of fused-ring (bicyclic) bond motifs is 6. The highest BCUT2D eigenvalue weighted by Gasteiger charge is 2.32. The van der Waals surface area contributed by atoms with Crippen molar-refractivity contribution in [3.05, 3.63) is 146 Å². The zero-order chi connectivity index (χ0) is 28.1. The van der Waals surface area contributed by atoms with Gasteiger partial charge in [0.15, 0.2) is 30.1 Å². The summed E-state index contributed by atoms with van der Waals surface area (Å²) in [6.45, 7) is 0. The van der Waals surface area contributed by atoms with Crippen LogP contribution in [0.25, 0.3) is 32.8 Å². The minimum Gasteiger partial charge on any atom is -0.449 e. The maximum Gasteiger partial charge on any atom is 0.188 e. The summed E-state index contributed by atoms with van der Waals surface area (Å²) in [7, 11) is -3.24. The Morgan fingerprint density at radius 2 is 1.12 bits per heavy atom. The molecule has 4 nitrogen and oxygen atoms in total. The van der Waals surface area contributed by atoms with Crippen LogP contribution in [0.3, 0.4) is 0 Å². The predicted molar refractivity (Wildman–Crippen MR) is 171 cm³/mol. The van der Waals surface area contributed by atoms with Gasteiger partial charge in [0.2, 0.25) is 0 Å². The van der Waals surface area contributed by atoms with Gasteiger partial charge in [0, 0.05) is 26.9 Å². The van der Waals surface area contributed by atoms with Crippen molar-refractivity contribution >= 4 is 44.7 Å². The molecule has 1 aromatic heterocycles. The van der Waals surface area contributed by atoms with Crippen molar-refractivity contribution in [2.24, 2.45) is 0 Å². The van der Waals surface area contributed by atoms with Crippen molar-refractivity contribution < 1.29 is 14.0 Å². The highest BCUT2D eigenvalue weighted by molar-refractivity contribution is 7.85. The molecule has 0 aliphatic carbocycles. The number of aromatic nitrogens is 1. The number of rotatable bonds is 4. The molecule has 0 saturated carbocycles. The Balaban J connectivity index is 1.31. The molecule has 1 aliphatic rings. The molecular weight excluding hydrogens is 537 g/mol. The molecule has 42 heavy (non-hydrogen) atoms. The van der Waals surface area contributed by atoms with E-state index in [4.69, 9.17) is 14.5 Å². The van der Waals surface area contributed by atoms with Crippen molar-refractivity contribution in [1.82, 2.24) is 4.98 Å². The summed E-state index contributed by atoms with van der Waals surface area (Å²) in [5, 5.41) is 5.48. The lowest BCUT2D eigenvalue weighted by Gasteiger charge is -2.24. The Kier molecular flexibility index (Phi) is 5.70. The van der Waals surface area contributed by atoms with Crippen molar-refractivity contribution in [1.29, 1.82) is 0 Å². The van der Waals surface area contributed by atoms with Crippen LogP contribution < -0.4 is 25.5 Å². The Morgan fingerprint density at radius 1 is 0.500 bits per heavy atom. The van der Waals surface area contributed by atoms with Gasteiger partial charge in [0.25, 0.3) is 0 Å². The second-order valence-corrected chi connectivity index (χ2v) is 13.0. The molecule has 7 aromatic rings. The fourth-order valence-corrected chi connectivity index (χ4v) is 8.34. The van der Waals surface area contributed by atoms with Gasteiger partial charge in [-0.3, -0.25) is 0 Å². The van der Waals surface area contributed by atoms with E-state index in [9.17, 15) is 0 Å². The molecule has 200 valence electrons. The Morgan fingerprint density at radius 3 is 1.86 bits per heavy atom.